The Morgan fingerprint density at radius 3 is 2.87 bits per heavy atom. The van der Waals surface area contributed by atoms with Crippen molar-refractivity contribution in [3.8, 4) is 0 Å². The van der Waals surface area contributed by atoms with Crippen molar-refractivity contribution in [1.29, 1.82) is 0 Å². The monoisotopic (exact) mass is 328 g/mol. The Hall–Kier alpha value is -2.14. The lowest BCUT2D eigenvalue weighted by atomic mass is 9.97. The summed E-state index contributed by atoms with van der Waals surface area (Å²) in [5, 5.41) is 4.90. The lowest BCUT2D eigenvalue weighted by Crippen LogP contribution is -2.52. The number of thiophene rings is 1. The molecule has 1 aromatic carbocycles. The van der Waals surface area contributed by atoms with Crippen molar-refractivity contribution in [2.75, 3.05) is 13.1 Å². The van der Waals surface area contributed by atoms with Crippen LogP contribution < -0.4 is 5.32 Å². The summed E-state index contributed by atoms with van der Waals surface area (Å²) in [6, 6.07) is 11.3. The highest BCUT2D eigenvalue weighted by Crippen LogP contribution is 2.27. The molecule has 0 aliphatic carbocycles. The van der Waals surface area contributed by atoms with E-state index in [-0.39, 0.29) is 11.8 Å². The van der Waals surface area contributed by atoms with Gasteiger partial charge in [-0.2, -0.15) is 0 Å². The Morgan fingerprint density at radius 1 is 1.30 bits per heavy atom. The number of amides is 2. The normalized spacial score (nSPS) is 17.9. The quantitative estimate of drug-likeness (QED) is 0.938. The minimum atomic E-state index is -0.513. The number of hydrogen-bond acceptors (Lipinski definition) is 3. The van der Waals surface area contributed by atoms with Crippen LogP contribution in [-0.2, 0) is 16.0 Å². The lowest BCUT2D eigenvalue weighted by molar-refractivity contribution is -0.143. The highest BCUT2D eigenvalue weighted by molar-refractivity contribution is 7.09. The maximum atomic E-state index is 12.7. The number of carbonyl (C=O) groups excluding carboxylic acids is 2. The van der Waals surface area contributed by atoms with Gasteiger partial charge in [-0.25, -0.2) is 0 Å². The van der Waals surface area contributed by atoms with Crippen LogP contribution in [0.4, 0.5) is 0 Å². The minimum Gasteiger partial charge on any atom is -0.352 e. The molecular weight excluding hydrogens is 308 g/mol. The zero-order chi connectivity index (χ0) is 16.2. The molecule has 23 heavy (non-hydrogen) atoms. The largest absolute Gasteiger partial charge is 0.352 e. The van der Waals surface area contributed by atoms with E-state index in [9.17, 15) is 9.59 Å². The molecule has 1 aromatic heterocycles. The molecule has 1 N–H and O–H groups in total. The number of carbonyl (C=O) groups is 2. The maximum absolute atomic E-state index is 12.7. The third-order valence-electron chi connectivity index (χ3n) is 4.18. The minimum absolute atomic E-state index is 0.0431. The fourth-order valence-electron chi connectivity index (χ4n) is 2.97. The number of piperazine rings is 1. The first-order valence-electron chi connectivity index (χ1n) is 7.82. The van der Waals surface area contributed by atoms with E-state index in [0.29, 0.717) is 19.5 Å². The van der Waals surface area contributed by atoms with Crippen molar-refractivity contribution in [1.82, 2.24) is 10.2 Å². The van der Waals surface area contributed by atoms with Gasteiger partial charge in [0.15, 0.2) is 0 Å². The first-order valence-corrected chi connectivity index (χ1v) is 8.70. The van der Waals surface area contributed by atoms with E-state index in [1.54, 1.807) is 16.2 Å². The molecule has 1 fully saturated rings. The van der Waals surface area contributed by atoms with Crippen molar-refractivity contribution in [3.63, 3.8) is 0 Å². The zero-order valence-electron chi connectivity index (χ0n) is 13.1. The molecule has 2 amide bonds. The fraction of sp³-hybridized carbons (Fsp3) is 0.333. The number of rotatable bonds is 4. The second-order valence-electron chi connectivity index (χ2n) is 5.72. The number of nitrogens with one attached hydrogen (secondary N) is 1. The Bertz CT molecular complexity index is 697. The van der Waals surface area contributed by atoms with Gasteiger partial charge < -0.3 is 10.2 Å². The van der Waals surface area contributed by atoms with Crippen molar-refractivity contribution >= 4 is 23.2 Å². The first kappa shape index (κ1) is 15.7. The molecule has 1 atom stereocenters. The summed E-state index contributed by atoms with van der Waals surface area (Å²) in [6.07, 6.45) is 1.17. The van der Waals surface area contributed by atoms with Gasteiger partial charge in [0.2, 0.25) is 11.8 Å². The van der Waals surface area contributed by atoms with Gasteiger partial charge in [-0.05, 0) is 35.9 Å². The second kappa shape index (κ2) is 6.96. The van der Waals surface area contributed by atoms with Crippen molar-refractivity contribution in [2.24, 2.45) is 0 Å². The number of hydrogen-bond donors (Lipinski definition) is 1. The van der Waals surface area contributed by atoms with E-state index in [2.05, 4.69) is 5.32 Å². The molecule has 1 saturated heterocycles. The van der Waals surface area contributed by atoms with E-state index in [1.807, 2.05) is 48.7 Å². The van der Waals surface area contributed by atoms with Crippen LogP contribution in [0.5, 0.6) is 0 Å². The first-order chi connectivity index (χ1) is 11.2. The molecule has 3 rings (SSSR count). The molecule has 0 spiro atoms. The van der Waals surface area contributed by atoms with Gasteiger partial charge in [-0.3, -0.25) is 9.59 Å². The number of benzene rings is 1. The summed E-state index contributed by atoms with van der Waals surface area (Å²) in [7, 11) is 0. The predicted octanol–water partition coefficient (Wildman–Crippen LogP) is 2.69. The Labute approximate surface area is 140 Å². The standard InChI is InChI=1S/C18H20N2O2S/c1-13-5-2-3-7-15(13)17-18(22)19-10-11-20(17)16(21)9-8-14-6-4-12-23-14/h2-7,12,17H,8-11H2,1H3,(H,19,22). The van der Waals surface area contributed by atoms with Gasteiger partial charge >= 0.3 is 0 Å². The van der Waals surface area contributed by atoms with E-state index in [4.69, 9.17) is 0 Å². The van der Waals surface area contributed by atoms with Crippen LogP contribution in [0.3, 0.4) is 0 Å². The van der Waals surface area contributed by atoms with E-state index >= 15 is 0 Å². The van der Waals surface area contributed by atoms with Crippen molar-refractivity contribution < 1.29 is 9.59 Å². The smallest absolute Gasteiger partial charge is 0.247 e. The molecule has 1 unspecified atom stereocenters. The SMILES string of the molecule is Cc1ccccc1C1C(=O)NCCN1C(=O)CCc1cccs1. The molecule has 4 nitrogen and oxygen atoms in total. The Kier molecular flexibility index (Phi) is 4.76. The predicted molar refractivity (Wildman–Crippen MR) is 91.3 cm³/mol. The highest BCUT2D eigenvalue weighted by Gasteiger charge is 2.34. The molecule has 2 aromatic rings. The van der Waals surface area contributed by atoms with Crippen LogP contribution in [0.1, 0.15) is 28.5 Å². The summed E-state index contributed by atoms with van der Waals surface area (Å²) in [6.45, 7) is 3.06. The zero-order valence-corrected chi connectivity index (χ0v) is 13.9. The molecular formula is C18H20N2O2S. The molecule has 0 bridgehead atoms. The average Bonchev–Trinajstić information content (AvgIpc) is 3.07. The van der Waals surface area contributed by atoms with Crippen molar-refractivity contribution in [2.45, 2.75) is 25.8 Å². The number of nitrogens with zero attached hydrogens (tertiary/aromatic N) is 1. The van der Waals surface area contributed by atoms with Gasteiger partial charge in [-0.1, -0.05) is 30.3 Å². The summed E-state index contributed by atoms with van der Waals surface area (Å²) in [5.74, 6) is -0.0449. The van der Waals surface area contributed by atoms with E-state index in [1.165, 1.54) is 4.88 Å². The van der Waals surface area contributed by atoms with Crippen LogP contribution in [0.25, 0.3) is 0 Å². The van der Waals surface area contributed by atoms with E-state index < -0.39 is 6.04 Å². The van der Waals surface area contributed by atoms with Crippen molar-refractivity contribution in [3.05, 3.63) is 57.8 Å². The molecule has 120 valence electrons. The van der Waals surface area contributed by atoms with Gasteiger partial charge in [0.05, 0.1) is 0 Å². The van der Waals surface area contributed by atoms with E-state index in [0.717, 1.165) is 17.5 Å². The van der Waals surface area contributed by atoms with Crippen LogP contribution in [0.15, 0.2) is 41.8 Å². The Morgan fingerprint density at radius 2 is 2.13 bits per heavy atom. The topological polar surface area (TPSA) is 49.4 Å². The summed E-state index contributed by atoms with van der Waals surface area (Å²) < 4.78 is 0. The molecule has 0 saturated carbocycles. The third-order valence-corrected chi connectivity index (χ3v) is 5.12. The van der Waals surface area contributed by atoms with Gasteiger partial charge in [0.25, 0.3) is 0 Å². The average molecular weight is 328 g/mol. The second-order valence-corrected chi connectivity index (χ2v) is 6.75. The summed E-state index contributed by atoms with van der Waals surface area (Å²) in [4.78, 5) is 28.0. The summed E-state index contributed by atoms with van der Waals surface area (Å²) in [5.41, 5.74) is 1.94. The Balaban J connectivity index is 1.79. The highest BCUT2D eigenvalue weighted by atomic mass is 32.1. The molecule has 1 aliphatic rings. The molecule has 0 radical (unpaired) electrons. The maximum Gasteiger partial charge on any atom is 0.247 e. The van der Waals surface area contributed by atoms with Gasteiger partial charge in [0, 0.05) is 24.4 Å². The van der Waals surface area contributed by atoms with Crippen LogP contribution >= 0.6 is 11.3 Å². The van der Waals surface area contributed by atoms with Gasteiger partial charge in [0.1, 0.15) is 6.04 Å². The number of aryl methyl sites for hydroxylation is 2. The van der Waals surface area contributed by atoms with Gasteiger partial charge in [-0.15, -0.1) is 11.3 Å². The molecule has 5 heteroatoms. The fourth-order valence-corrected chi connectivity index (χ4v) is 3.68. The molecule has 1 aliphatic heterocycles. The summed E-state index contributed by atoms with van der Waals surface area (Å²) >= 11 is 1.66. The van der Waals surface area contributed by atoms with Crippen LogP contribution in [0.2, 0.25) is 0 Å². The third kappa shape index (κ3) is 3.45. The van der Waals surface area contributed by atoms with Crippen LogP contribution in [0, 0.1) is 6.92 Å². The lowest BCUT2D eigenvalue weighted by Gasteiger charge is -2.36. The van der Waals surface area contributed by atoms with Crippen LogP contribution in [-0.4, -0.2) is 29.8 Å². The molecule has 2 heterocycles.